The maximum Gasteiger partial charge on any atom is 0.326 e. The first-order valence-electron chi connectivity index (χ1n) is 6.89. The van der Waals surface area contributed by atoms with Gasteiger partial charge in [0, 0.05) is 25.7 Å². The van der Waals surface area contributed by atoms with Gasteiger partial charge in [0.15, 0.2) is 0 Å². The SMILES string of the molecule is Cc1ccc(NC(=O)CCCN2C(=O)CN(C)C2=O)cc1. The number of carbonyl (C=O) groups is 3. The average molecular weight is 289 g/mol. The Morgan fingerprint density at radius 1 is 1.24 bits per heavy atom. The molecule has 0 aromatic heterocycles. The fourth-order valence-electron chi connectivity index (χ4n) is 2.15. The summed E-state index contributed by atoms with van der Waals surface area (Å²) >= 11 is 0. The average Bonchev–Trinajstić information content (AvgIpc) is 2.68. The van der Waals surface area contributed by atoms with Gasteiger partial charge < -0.3 is 10.2 Å². The number of anilines is 1. The molecule has 1 aliphatic rings. The predicted molar refractivity (Wildman–Crippen MR) is 78.8 cm³/mol. The second-order valence-corrected chi connectivity index (χ2v) is 5.20. The van der Waals surface area contributed by atoms with E-state index in [1.165, 1.54) is 9.80 Å². The minimum absolute atomic E-state index is 0.119. The maximum atomic E-state index is 11.8. The molecule has 0 radical (unpaired) electrons. The first-order chi connectivity index (χ1) is 9.97. The van der Waals surface area contributed by atoms with Crippen molar-refractivity contribution in [2.45, 2.75) is 19.8 Å². The van der Waals surface area contributed by atoms with Crippen LogP contribution >= 0.6 is 0 Å². The van der Waals surface area contributed by atoms with E-state index < -0.39 is 0 Å². The van der Waals surface area contributed by atoms with E-state index in [0.29, 0.717) is 6.42 Å². The van der Waals surface area contributed by atoms with Crippen molar-refractivity contribution in [1.82, 2.24) is 9.80 Å². The lowest BCUT2D eigenvalue weighted by atomic mass is 10.2. The number of nitrogens with zero attached hydrogens (tertiary/aromatic N) is 2. The first kappa shape index (κ1) is 15.0. The normalized spacial score (nSPS) is 14.8. The smallest absolute Gasteiger partial charge is 0.326 e. The van der Waals surface area contributed by atoms with Gasteiger partial charge in [-0.1, -0.05) is 17.7 Å². The van der Waals surface area contributed by atoms with Crippen molar-refractivity contribution in [2.75, 3.05) is 25.5 Å². The van der Waals surface area contributed by atoms with E-state index in [2.05, 4.69) is 5.32 Å². The van der Waals surface area contributed by atoms with Crippen LogP contribution in [0.5, 0.6) is 0 Å². The van der Waals surface area contributed by atoms with Crippen molar-refractivity contribution in [3.63, 3.8) is 0 Å². The van der Waals surface area contributed by atoms with Gasteiger partial charge in [0.25, 0.3) is 0 Å². The Morgan fingerprint density at radius 3 is 2.48 bits per heavy atom. The second kappa shape index (κ2) is 6.39. The number of benzene rings is 1. The third-order valence-electron chi connectivity index (χ3n) is 3.35. The van der Waals surface area contributed by atoms with Gasteiger partial charge in [-0.15, -0.1) is 0 Å². The summed E-state index contributed by atoms with van der Waals surface area (Å²) in [7, 11) is 1.59. The van der Waals surface area contributed by atoms with Gasteiger partial charge in [0.2, 0.25) is 11.8 Å². The summed E-state index contributed by atoms with van der Waals surface area (Å²) in [5.74, 6) is -0.326. The Morgan fingerprint density at radius 2 is 1.90 bits per heavy atom. The quantitative estimate of drug-likeness (QED) is 0.837. The number of likely N-dealkylation sites (N-methyl/N-ethyl adjacent to an activating group) is 1. The van der Waals surface area contributed by atoms with Crippen LogP contribution in [0.25, 0.3) is 0 Å². The van der Waals surface area contributed by atoms with E-state index in [-0.39, 0.29) is 37.4 Å². The summed E-state index contributed by atoms with van der Waals surface area (Å²) in [5, 5.41) is 2.79. The molecule has 6 nitrogen and oxygen atoms in total. The first-order valence-corrected chi connectivity index (χ1v) is 6.89. The number of amides is 4. The van der Waals surface area contributed by atoms with Crippen molar-refractivity contribution < 1.29 is 14.4 Å². The van der Waals surface area contributed by atoms with E-state index in [9.17, 15) is 14.4 Å². The van der Waals surface area contributed by atoms with Crippen LogP contribution in [0, 0.1) is 6.92 Å². The van der Waals surface area contributed by atoms with Crippen molar-refractivity contribution in [2.24, 2.45) is 0 Å². The van der Waals surface area contributed by atoms with E-state index in [0.717, 1.165) is 11.3 Å². The third-order valence-corrected chi connectivity index (χ3v) is 3.35. The number of carbonyl (C=O) groups excluding carboxylic acids is 3. The second-order valence-electron chi connectivity index (χ2n) is 5.20. The minimum atomic E-state index is -0.293. The van der Waals surface area contributed by atoms with Gasteiger partial charge in [0.05, 0.1) is 0 Å². The Labute approximate surface area is 123 Å². The van der Waals surface area contributed by atoms with E-state index in [1.807, 2.05) is 31.2 Å². The lowest BCUT2D eigenvalue weighted by Crippen LogP contribution is -2.32. The van der Waals surface area contributed by atoms with Crippen LogP contribution in [-0.2, 0) is 9.59 Å². The van der Waals surface area contributed by atoms with Crippen LogP contribution < -0.4 is 5.32 Å². The lowest BCUT2D eigenvalue weighted by molar-refractivity contribution is -0.125. The summed E-state index contributed by atoms with van der Waals surface area (Å²) in [6.07, 6.45) is 0.734. The van der Waals surface area contributed by atoms with Gasteiger partial charge in [-0.2, -0.15) is 0 Å². The van der Waals surface area contributed by atoms with Crippen LogP contribution in [0.2, 0.25) is 0 Å². The fraction of sp³-hybridized carbons (Fsp3) is 0.400. The highest BCUT2D eigenvalue weighted by Gasteiger charge is 2.32. The zero-order chi connectivity index (χ0) is 15.4. The summed E-state index contributed by atoms with van der Waals surface area (Å²) in [4.78, 5) is 37.6. The molecule has 1 aromatic carbocycles. The molecule has 21 heavy (non-hydrogen) atoms. The molecule has 1 aliphatic heterocycles. The van der Waals surface area contributed by atoms with Gasteiger partial charge >= 0.3 is 6.03 Å². The van der Waals surface area contributed by atoms with Gasteiger partial charge in [-0.05, 0) is 25.5 Å². The monoisotopic (exact) mass is 289 g/mol. The molecule has 1 aromatic rings. The maximum absolute atomic E-state index is 11.8. The molecule has 0 bridgehead atoms. The largest absolute Gasteiger partial charge is 0.326 e. The zero-order valence-electron chi connectivity index (χ0n) is 12.3. The molecule has 0 saturated carbocycles. The molecule has 2 rings (SSSR count). The molecule has 4 amide bonds. The molecule has 0 unspecified atom stereocenters. The minimum Gasteiger partial charge on any atom is -0.326 e. The molecule has 0 aliphatic carbocycles. The van der Waals surface area contributed by atoms with Crippen LogP contribution in [-0.4, -0.2) is 47.8 Å². The molecular weight excluding hydrogens is 270 g/mol. The number of rotatable bonds is 5. The molecule has 1 N–H and O–H groups in total. The summed E-state index contributed by atoms with van der Waals surface area (Å²) in [6, 6.07) is 7.24. The van der Waals surface area contributed by atoms with E-state index in [4.69, 9.17) is 0 Å². The Balaban J connectivity index is 1.76. The Hall–Kier alpha value is -2.37. The van der Waals surface area contributed by atoms with Gasteiger partial charge in [-0.3, -0.25) is 14.5 Å². The van der Waals surface area contributed by atoms with Crippen molar-refractivity contribution in [1.29, 1.82) is 0 Å². The van der Waals surface area contributed by atoms with E-state index >= 15 is 0 Å². The van der Waals surface area contributed by atoms with Crippen LogP contribution in [0.1, 0.15) is 18.4 Å². The lowest BCUT2D eigenvalue weighted by Gasteiger charge is -2.13. The molecule has 1 saturated heterocycles. The molecule has 1 heterocycles. The number of urea groups is 1. The number of nitrogens with one attached hydrogen (secondary N) is 1. The molecule has 0 spiro atoms. The molecule has 1 fully saturated rings. The highest BCUT2D eigenvalue weighted by atomic mass is 16.2. The van der Waals surface area contributed by atoms with Gasteiger partial charge in [0.1, 0.15) is 6.54 Å². The number of aryl methyl sites for hydroxylation is 1. The summed E-state index contributed by atoms with van der Waals surface area (Å²) in [6.45, 7) is 2.38. The highest BCUT2D eigenvalue weighted by Crippen LogP contribution is 2.11. The Kier molecular flexibility index (Phi) is 4.57. The zero-order valence-corrected chi connectivity index (χ0v) is 12.3. The molecule has 6 heteroatoms. The van der Waals surface area contributed by atoms with E-state index in [1.54, 1.807) is 7.05 Å². The molecule has 112 valence electrons. The number of hydrogen-bond acceptors (Lipinski definition) is 3. The number of imide groups is 1. The van der Waals surface area contributed by atoms with Crippen molar-refractivity contribution >= 4 is 23.5 Å². The highest BCUT2D eigenvalue weighted by molar-refractivity contribution is 6.01. The third kappa shape index (κ3) is 3.81. The molecular formula is C15H19N3O3. The topological polar surface area (TPSA) is 69.7 Å². The van der Waals surface area contributed by atoms with Crippen LogP contribution in [0.15, 0.2) is 24.3 Å². The fourth-order valence-corrected chi connectivity index (χ4v) is 2.15. The van der Waals surface area contributed by atoms with Crippen LogP contribution in [0.3, 0.4) is 0 Å². The van der Waals surface area contributed by atoms with Crippen molar-refractivity contribution in [3.8, 4) is 0 Å². The standard InChI is InChI=1S/C15H19N3O3/c1-11-5-7-12(8-6-11)16-13(19)4-3-9-18-14(20)10-17(2)15(18)21/h5-8H,3-4,9-10H2,1-2H3,(H,16,19). The van der Waals surface area contributed by atoms with Crippen molar-refractivity contribution in [3.05, 3.63) is 29.8 Å². The van der Waals surface area contributed by atoms with Crippen LogP contribution in [0.4, 0.5) is 10.5 Å². The Bertz CT molecular complexity index is 554. The number of hydrogen-bond donors (Lipinski definition) is 1. The van der Waals surface area contributed by atoms with Gasteiger partial charge in [-0.25, -0.2) is 4.79 Å². The summed E-state index contributed by atoms with van der Waals surface area (Å²) < 4.78 is 0. The summed E-state index contributed by atoms with van der Waals surface area (Å²) in [5.41, 5.74) is 1.88. The predicted octanol–water partition coefficient (Wildman–Crippen LogP) is 1.61. The molecule has 0 atom stereocenters.